The molecule has 0 N–H and O–H groups in total. The van der Waals surface area contributed by atoms with E-state index in [1.807, 2.05) is 0 Å². The molecule has 6 heteroatoms. The molecule has 0 aliphatic rings. The van der Waals surface area contributed by atoms with Crippen molar-refractivity contribution in [1.29, 1.82) is 0 Å². The number of rotatable bonds is 2. The van der Waals surface area contributed by atoms with Crippen LogP contribution >= 0.6 is 0 Å². The Balaban J connectivity index is 2.23. The Morgan fingerprint density at radius 3 is 1.89 bits per heavy atom. The van der Waals surface area contributed by atoms with E-state index < -0.39 is 23.4 Å². The van der Waals surface area contributed by atoms with E-state index >= 15 is 0 Å². The molecule has 0 spiro atoms. The number of hydrogen-bond donors (Lipinski definition) is 0. The molecular formula is C13H7F5O. The molecule has 0 aliphatic heterocycles. The zero-order valence-electron chi connectivity index (χ0n) is 9.34. The predicted octanol–water partition coefficient (Wildman–Crippen LogP) is 4.78. The normalized spacial score (nSPS) is 11.4. The highest BCUT2D eigenvalue weighted by atomic mass is 19.4. The molecule has 0 radical (unpaired) electrons. The third-order valence-electron chi connectivity index (χ3n) is 2.30. The van der Waals surface area contributed by atoms with Gasteiger partial charge in [-0.2, -0.15) is 13.2 Å². The Hall–Kier alpha value is -2.11. The minimum Gasteiger partial charge on any atom is -0.457 e. The minimum atomic E-state index is -4.75. The van der Waals surface area contributed by atoms with Crippen molar-refractivity contribution in [3.05, 3.63) is 59.7 Å². The standard InChI is InChI=1S/C13H7F5O/c14-8-1-3-9(4-2-8)19-10-5-6-11(12(15)7-10)13(16,17)18/h1-7H. The first-order valence-corrected chi connectivity index (χ1v) is 5.16. The van der Waals surface area contributed by atoms with Gasteiger partial charge in [-0.05, 0) is 36.4 Å². The second-order valence-corrected chi connectivity index (χ2v) is 3.70. The van der Waals surface area contributed by atoms with Gasteiger partial charge in [-0.3, -0.25) is 0 Å². The van der Waals surface area contributed by atoms with Crippen LogP contribution < -0.4 is 4.74 Å². The molecule has 0 saturated carbocycles. The lowest BCUT2D eigenvalue weighted by atomic mass is 10.2. The van der Waals surface area contributed by atoms with Gasteiger partial charge in [-0.1, -0.05) is 0 Å². The molecule has 0 saturated heterocycles. The minimum absolute atomic E-state index is 0.0999. The molecule has 2 rings (SSSR count). The molecule has 0 amide bonds. The van der Waals surface area contributed by atoms with Crippen LogP contribution in [0.4, 0.5) is 22.0 Å². The predicted molar refractivity (Wildman–Crippen MR) is 57.9 cm³/mol. The number of alkyl halides is 3. The van der Waals surface area contributed by atoms with Gasteiger partial charge in [0, 0.05) is 6.07 Å². The van der Waals surface area contributed by atoms with E-state index in [-0.39, 0.29) is 11.5 Å². The van der Waals surface area contributed by atoms with Crippen molar-refractivity contribution in [2.24, 2.45) is 0 Å². The van der Waals surface area contributed by atoms with Gasteiger partial charge >= 0.3 is 6.18 Å². The van der Waals surface area contributed by atoms with Crippen LogP contribution in [0.1, 0.15) is 5.56 Å². The maximum absolute atomic E-state index is 13.3. The SMILES string of the molecule is Fc1ccc(Oc2ccc(C(F)(F)F)c(F)c2)cc1. The first-order valence-electron chi connectivity index (χ1n) is 5.16. The number of halogens is 5. The Morgan fingerprint density at radius 2 is 1.37 bits per heavy atom. The van der Waals surface area contributed by atoms with Crippen molar-refractivity contribution in [2.45, 2.75) is 6.18 Å². The highest BCUT2D eigenvalue weighted by Crippen LogP contribution is 2.33. The van der Waals surface area contributed by atoms with Gasteiger partial charge in [0.15, 0.2) is 0 Å². The lowest BCUT2D eigenvalue weighted by molar-refractivity contribution is -0.140. The maximum Gasteiger partial charge on any atom is 0.419 e. The molecule has 100 valence electrons. The van der Waals surface area contributed by atoms with E-state index in [1.54, 1.807) is 0 Å². The second kappa shape index (κ2) is 4.87. The van der Waals surface area contributed by atoms with Crippen molar-refractivity contribution in [3.63, 3.8) is 0 Å². The van der Waals surface area contributed by atoms with Gasteiger partial charge in [0.05, 0.1) is 5.56 Å². The van der Waals surface area contributed by atoms with E-state index in [0.29, 0.717) is 12.1 Å². The van der Waals surface area contributed by atoms with Crippen molar-refractivity contribution in [3.8, 4) is 11.5 Å². The summed E-state index contributed by atoms with van der Waals surface area (Å²) in [4.78, 5) is 0. The Kier molecular flexibility index (Phi) is 3.42. The fourth-order valence-electron chi connectivity index (χ4n) is 1.43. The molecule has 2 aromatic carbocycles. The van der Waals surface area contributed by atoms with Crippen LogP contribution in [-0.4, -0.2) is 0 Å². The van der Waals surface area contributed by atoms with Gasteiger partial charge in [-0.15, -0.1) is 0 Å². The van der Waals surface area contributed by atoms with Gasteiger partial charge in [0.2, 0.25) is 0 Å². The summed E-state index contributed by atoms with van der Waals surface area (Å²) >= 11 is 0. The highest BCUT2D eigenvalue weighted by molar-refractivity contribution is 5.35. The second-order valence-electron chi connectivity index (χ2n) is 3.70. The van der Waals surface area contributed by atoms with Crippen LogP contribution in [0.3, 0.4) is 0 Å². The highest BCUT2D eigenvalue weighted by Gasteiger charge is 2.34. The molecule has 2 aromatic rings. The van der Waals surface area contributed by atoms with E-state index in [1.165, 1.54) is 12.1 Å². The zero-order chi connectivity index (χ0) is 14.0. The maximum atomic E-state index is 13.3. The molecule has 0 aliphatic carbocycles. The molecule has 0 atom stereocenters. The molecular weight excluding hydrogens is 267 g/mol. The monoisotopic (exact) mass is 274 g/mol. The summed E-state index contributed by atoms with van der Waals surface area (Å²) in [6, 6.07) is 7.02. The summed E-state index contributed by atoms with van der Waals surface area (Å²) in [5.74, 6) is -1.81. The molecule has 0 heterocycles. The fourth-order valence-corrected chi connectivity index (χ4v) is 1.43. The topological polar surface area (TPSA) is 9.23 Å². The first kappa shape index (κ1) is 13.3. The summed E-state index contributed by atoms with van der Waals surface area (Å²) in [5, 5.41) is 0. The molecule has 0 unspecified atom stereocenters. The lowest BCUT2D eigenvalue weighted by Crippen LogP contribution is -2.07. The third kappa shape index (κ3) is 3.21. The van der Waals surface area contributed by atoms with Crippen LogP contribution in [0.5, 0.6) is 11.5 Å². The van der Waals surface area contributed by atoms with E-state index in [4.69, 9.17) is 4.74 Å². The van der Waals surface area contributed by atoms with Crippen LogP contribution in [-0.2, 0) is 6.18 Å². The average molecular weight is 274 g/mol. The largest absolute Gasteiger partial charge is 0.457 e. The van der Waals surface area contributed by atoms with Crippen LogP contribution in [0.25, 0.3) is 0 Å². The quantitative estimate of drug-likeness (QED) is 0.716. The summed E-state index contributed by atoms with van der Waals surface area (Å²) in [5.41, 5.74) is -1.36. The van der Waals surface area contributed by atoms with Gasteiger partial charge in [-0.25, -0.2) is 8.78 Å². The Labute approximate surface area is 105 Å². The van der Waals surface area contributed by atoms with Crippen LogP contribution in [0.15, 0.2) is 42.5 Å². The van der Waals surface area contributed by atoms with E-state index in [0.717, 1.165) is 18.2 Å². The summed E-state index contributed by atoms with van der Waals surface area (Å²) in [6.45, 7) is 0. The van der Waals surface area contributed by atoms with Gasteiger partial charge in [0.1, 0.15) is 23.1 Å². The van der Waals surface area contributed by atoms with Crippen molar-refractivity contribution >= 4 is 0 Å². The number of hydrogen-bond acceptors (Lipinski definition) is 1. The molecule has 19 heavy (non-hydrogen) atoms. The number of benzene rings is 2. The molecule has 0 aromatic heterocycles. The lowest BCUT2D eigenvalue weighted by Gasteiger charge is -2.10. The molecule has 1 nitrogen and oxygen atoms in total. The Morgan fingerprint density at radius 1 is 0.789 bits per heavy atom. The fraction of sp³-hybridized carbons (Fsp3) is 0.0769. The molecule has 0 fully saturated rings. The van der Waals surface area contributed by atoms with Crippen molar-refractivity contribution in [1.82, 2.24) is 0 Å². The van der Waals surface area contributed by atoms with E-state index in [9.17, 15) is 22.0 Å². The summed E-state index contributed by atoms with van der Waals surface area (Å²) in [6.07, 6.45) is -4.75. The van der Waals surface area contributed by atoms with Crippen molar-refractivity contribution in [2.75, 3.05) is 0 Å². The van der Waals surface area contributed by atoms with Crippen molar-refractivity contribution < 1.29 is 26.7 Å². The summed E-state index contributed by atoms with van der Waals surface area (Å²) in [7, 11) is 0. The van der Waals surface area contributed by atoms with Crippen LogP contribution in [0.2, 0.25) is 0 Å². The smallest absolute Gasteiger partial charge is 0.419 e. The number of ether oxygens (including phenoxy) is 1. The van der Waals surface area contributed by atoms with E-state index in [2.05, 4.69) is 0 Å². The zero-order valence-corrected chi connectivity index (χ0v) is 9.34. The summed E-state index contributed by atoms with van der Waals surface area (Å²) < 4.78 is 68.0. The first-order chi connectivity index (χ1) is 8.86. The van der Waals surface area contributed by atoms with Crippen LogP contribution in [0, 0.1) is 11.6 Å². The van der Waals surface area contributed by atoms with Gasteiger partial charge in [0.25, 0.3) is 0 Å². The average Bonchev–Trinajstić information content (AvgIpc) is 2.30. The molecule has 0 bridgehead atoms. The Bertz CT molecular complexity index is 575. The third-order valence-corrected chi connectivity index (χ3v) is 2.30. The van der Waals surface area contributed by atoms with Gasteiger partial charge < -0.3 is 4.74 Å².